The van der Waals surface area contributed by atoms with E-state index in [1.165, 1.54) is 11.3 Å². The summed E-state index contributed by atoms with van der Waals surface area (Å²) in [5, 5.41) is 16.3. The highest BCUT2D eigenvalue weighted by Crippen LogP contribution is 2.21. The SMILES string of the molecule is Clc1ccc(CNc2nn[nH]n2)s1. The molecule has 0 aliphatic heterocycles. The van der Waals surface area contributed by atoms with Crippen molar-refractivity contribution in [1.82, 2.24) is 20.6 Å². The maximum Gasteiger partial charge on any atom is 0.263 e. The zero-order valence-electron chi connectivity index (χ0n) is 6.49. The molecule has 13 heavy (non-hydrogen) atoms. The number of hydrogen-bond acceptors (Lipinski definition) is 5. The number of hydrogen-bond donors (Lipinski definition) is 2. The van der Waals surface area contributed by atoms with E-state index in [1.807, 2.05) is 12.1 Å². The number of aromatic nitrogens is 4. The lowest BCUT2D eigenvalue weighted by atomic mass is 10.5. The van der Waals surface area contributed by atoms with Gasteiger partial charge in [-0.05, 0) is 17.3 Å². The Morgan fingerprint density at radius 3 is 3.08 bits per heavy atom. The molecule has 0 unspecified atom stereocenters. The van der Waals surface area contributed by atoms with Crippen molar-refractivity contribution in [3.05, 3.63) is 21.3 Å². The average molecular weight is 216 g/mol. The lowest BCUT2D eigenvalue weighted by Gasteiger charge is -1.95. The van der Waals surface area contributed by atoms with Gasteiger partial charge in [0, 0.05) is 4.88 Å². The third-order valence-electron chi connectivity index (χ3n) is 1.39. The van der Waals surface area contributed by atoms with Gasteiger partial charge >= 0.3 is 0 Å². The van der Waals surface area contributed by atoms with Gasteiger partial charge in [0.1, 0.15) is 0 Å². The molecule has 0 bridgehead atoms. The largest absolute Gasteiger partial charge is 0.347 e. The maximum atomic E-state index is 5.76. The van der Waals surface area contributed by atoms with Crippen molar-refractivity contribution in [2.45, 2.75) is 6.54 Å². The van der Waals surface area contributed by atoms with E-state index in [4.69, 9.17) is 11.6 Å². The predicted octanol–water partition coefficient (Wildman–Crippen LogP) is 1.53. The van der Waals surface area contributed by atoms with E-state index in [1.54, 1.807) is 0 Å². The minimum absolute atomic E-state index is 0.490. The van der Waals surface area contributed by atoms with Gasteiger partial charge in [0.2, 0.25) is 0 Å². The zero-order chi connectivity index (χ0) is 9.10. The van der Waals surface area contributed by atoms with E-state index in [-0.39, 0.29) is 0 Å². The van der Waals surface area contributed by atoms with Crippen molar-refractivity contribution < 1.29 is 0 Å². The number of thiophene rings is 1. The first-order valence-corrected chi connectivity index (χ1v) is 4.75. The average Bonchev–Trinajstić information content (AvgIpc) is 2.71. The molecule has 0 aliphatic rings. The maximum absolute atomic E-state index is 5.76. The van der Waals surface area contributed by atoms with Crippen molar-refractivity contribution >= 4 is 28.9 Å². The third-order valence-corrected chi connectivity index (χ3v) is 2.63. The van der Waals surface area contributed by atoms with Crippen molar-refractivity contribution in [3.63, 3.8) is 0 Å². The first kappa shape index (κ1) is 8.46. The Morgan fingerprint density at radius 1 is 1.54 bits per heavy atom. The Bertz CT molecular complexity index is 370. The Morgan fingerprint density at radius 2 is 2.46 bits per heavy atom. The van der Waals surface area contributed by atoms with Crippen LogP contribution in [-0.4, -0.2) is 20.6 Å². The first-order chi connectivity index (χ1) is 6.34. The molecule has 2 aromatic rings. The molecule has 7 heteroatoms. The van der Waals surface area contributed by atoms with Gasteiger partial charge in [0.05, 0.1) is 10.9 Å². The summed E-state index contributed by atoms with van der Waals surface area (Å²) in [4.78, 5) is 1.13. The summed E-state index contributed by atoms with van der Waals surface area (Å²) >= 11 is 7.29. The standard InChI is InChI=1S/C6H6ClN5S/c7-5-2-1-4(13-5)3-8-6-9-11-12-10-6/h1-2H,3H2,(H2,8,9,10,11,12). The first-order valence-electron chi connectivity index (χ1n) is 3.56. The highest BCUT2D eigenvalue weighted by molar-refractivity contribution is 7.16. The molecular weight excluding hydrogens is 210 g/mol. The summed E-state index contributed by atoms with van der Waals surface area (Å²) in [5.41, 5.74) is 0. The molecule has 68 valence electrons. The molecule has 0 radical (unpaired) electrons. The monoisotopic (exact) mass is 215 g/mol. The second kappa shape index (κ2) is 3.71. The van der Waals surface area contributed by atoms with Crippen LogP contribution in [0.4, 0.5) is 5.95 Å². The van der Waals surface area contributed by atoms with E-state index >= 15 is 0 Å². The number of H-pyrrole nitrogens is 1. The van der Waals surface area contributed by atoms with Gasteiger partial charge in [0.25, 0.3) is 5.95 Å². The molecule has 0 atom stereocenters. The molecule has 2 aromatic heterocycles. The second-order valence-electron chi connectivity index (χ2n) is 2.29. The Hall–Kier alpha value is -1.14. The van der Waals surface area contributed by atoms with E-state index in [0.29, 0.717) is 12.5 Å². The van der Waals surface area contributed by atoms with Crippen molar-refractivity contribution in [1.29, 1.82) is 0 Å². The van der Waals surface area contributed by atoms with Gasteiger partial charge in [-0.2, -0.15) is 5.21 Å². The molecule has 0 spiro atoms. The van der Waals surface area contributed by atoms with Gasteiger partial charge < -0.3 is 5.32 Å². The van der Waals surface area contributed by atoms with E-state index < -0.39 is 0 Å². The summed E-state index contributed by atoms with van der Waals surface area (Å²) in [5.74, 6) is 0.490. The summed E-state index contributed by atoms with van der Waals surface area (Å²) < 4.78 is 0.782. The summed E-state index contributed by atoms with van der Waals surface area (Å²) in [6.45, 7) is 0.664. The van der Waals surface area contributed by atoms with Gasteiger partial charge in [-0.15, -0.1) is 16.4 Å². The fourth-order valence-electron chi connectivity index (χ4n) is 0.850. The number of halogens is 1. The van der Waals surface area contributed by atoms with Crippen molar-refractivity contribution in [2.75, 3.05) is 5.32 Å². The third kappa shape index (κ3) is 2.16. The second-order valence-corrected chi connectivity index (χ2v) is 4.09. The molecule has 0 aromatic carbocycles. The molecule has 0 amide bonds. The minimum Gasteiger partial charge on any atom is -0.347 e. The van der Waals surface area contributed by atoms with Crippen molar-refractivity contribution in [2.24, 2.45) is 0 Å². The van der Waals surface area contributed by atoms with E-state index in [2.05, 4.69) is 25.9 Å². The van der Waals surface area contributed by atoms with E-state index in [0.717, 1.165) is 9.21 Å². The van der Waals surface area contributed by atoms with Gasteiger partial charge in [-0.3, -0.25) is 0 Å². The van der Waals surface area contributed by atoms with Crippen LogP contribution in [-0.2, 0) is 6.54 Å². The van der Waals surface area contributed by atoms with Crippen LogP contribution in [0.2, 0.25) is 4.34 Å². The van der Waals surface area contributed by atoms with Crippen LogP contribution in [0.1, 0.15) is 4.88 Å². The molecule has 0 aliphatic carbocycles. The molecule has 0 fully saturated rings. The lowest BCUT2D eigenvalue weighted by Crippen LogP contribution is -1.98. The molecule has 2 N–H and O–H groups in total. The topological polar surface area (TPSA) is 66.5 Å². The Labute approximate surface area is 83.1 Å². The van der Waals surface area contributed by atoms with Crippen LogP contribution < -0.4 is 5.32 Å². The minimum atomic E-state index is 0.490. The van der Waals surface area contributed by atoms with Gasteiger partial charge in [-0.1, -0.05) is 16.7 Å². The van der Waals surface area contributed by atoms with Gasteiger partial charge in [0.15, 0.2) is 0 Å². The molecular formula is C6H6ClN5S. The molecule has 0 saturated carbocycles. The Kier molecular flexibility index (Phi) is 2.42. The van der Waals surface area contributed by atoms with Crippen LogP contribution in [0.3, 0.4) is 0 Å². The zero-order valence-corrected chi connectivity index (χ0v) is 8.06. The smallest absolute Gasteiger partial charge is 0.263 e. The lowest BCUT2D eigenvalue weighted by molar-refractivity contribution is 0.881. The van der Waals surface area contributed by atoms with Crippen LogP contribution in [0.5, 0.6) is 0 Å². The van der Waals surface area contributed by atoms with Crippen LogP contribution in [0, 0.1) is 0 Å². The quantitative estimate of drug-likeness (QED) is 0.815. The molecule has 2 heterocycles. The summed E-state index contributed by atoms with van der Waals surface area (Å²) in [6, 6.07) is 3.82. The number of tetrazole rings is 1. The Balaban J connectivity index is 1.93. The van der Waals surface area contributed by atoms with Gasteiger partial charge in [-0.25, -0.2) is 0 Å². The summed E-state index contributed by atoms with van der Waals surface area (Å²) in [7, 11) is 0. The fourth-order valence-corrected chi connectivity index (χ4v) is 1.88. The highest BCUT2D eigenvalue weighted by atomic mass is 35.5. The van der Waals surface area contributed by atoms with E-state index in [9.17, 15) is 0 Å². The molecule has 5 nitrogen and oxygen atoms in total. The predicted molar refractivity (Wildman–Crippen MR) is 50.8 cm³/mol. The number of anilines is 1. The van der Waals surface area contributed by atoms with Crippen LogP contribution >= 0.6 is 22.9 Å². The summed E-state index contributed by atoms with van der Waals surface area (Å²) in [6.07, 6.45) is 0. The van der Waals surface area contributed by atoms with Crippen LogP contribution in [0.25, 0.3) is 0 Å². The normalized spacial score (nSPS) is 10.2. The number of nitrogens with one attached hydrogen (secondary N) is 2. The molecule has 2 rings (SSSR count). The number of aromatic amines is 1. The number of rotatable bonds is 3. The van der Waals surface area contributed by atoms with Crippen molar-refractivity contribution in [3.8, 4) is 0 Å². The number of nitrogens with zero attached hydrogens (tertiary/aromatic N) is 3. The highest BCUT2D eigenvalue weighted by Gasteiger charge is 1.99. The van der Waals surface area contributed by atoms with Crippen LogP contribution in [0.15, 0.2) is 12.1 Å². The fraction of sp³-hybridized carbons (Fsp3) is 0.167. The molecule has 0 saturated heterocycles.